The summed E-state index contributed by atoms with van der Waals surface area (Å²) in [5, 5.41) is 0. The molecule has 23 heavy (non-hydrogen) atoms. The predicted octanol–water partition coefficient (Wildman–Crippen LogP) is 4.11. The molecule has 0 aromatic carbocycles. The van der Waals surface area contributed by atoms with Gasteiger partial charge in [0, 0.05) is 33.8 Å². The minimum absolute atomic E-state index is 0.472. The lowest BCUT2D eigenvalue weighted by atomic mass is 10.00. The highest BCUT2D eigenvalue weighted by molar-refractivity contribution is 6.60. The second-order valence-corrected chi connectivity index (χ2v) is 7.59. The standard InChI is InChI=1S/C10H15F9O3Si/c1-20-23(21-2,22-3)6-4-5-7(11,12)8(13,14)9(15,16)10(17,18)19/h4-6H2,1-3H3. The van der Waals surface area contributed by atoms with E-state index < -0.39 is 51.6 Å². The van der Waals surface area contributed by atoms with E-state index in [1.165, 1.54) is 0 Å². The third kappa shape index (κ3) is 4.31. The maximum Gasteiger partial charge on any atom is 0.500 e. The quantitative estimate of drug-likeness (QED) is 0.444. The van der Waals surface area contributed by atoms with Crippen LogP contribution >= 0.6 is 0 Å². The first-order valence-electron chi connectivity index (χ1n) is 6.00. The van der Waals surface area contributed by atoms with Crippen LogP contribution in [0.4, 0.5) is 39.5 Å². The van der Waals surface area contributed by atoms with Gasteiger partial charge in [0.05, 0.1) is 0 Å². The minimum Gasteiger partial charge on any atom is -0.377 e. The van der Waals surface area contributed by atoms with Crippen LogP contribution in [-0.4, -0.2) is 54.1 Å². The van der Waals surface area contributed by atoms with E-state index in [9.17, 15) is 39.5 Å². The molecule has 0 saturated heterocycles. The normalized spacial score (nSPS) is 15.1. The van der Waals surface area contributed by atoms with Crippen molar-refractivity contribution in [3.8, 4) is 0 Å². The van der Waals surface area contributed by atoms with Crippen LogP contribution in [0.15, 0.2) is 0 Å². The fourth-order valence-electron chi connectivity index (χ4n) is 1.65. The molecule has 0 spiro atoms. The van der Waals surface area contributed by atoms with Crippen molar-refractivity contribution < 1.29 is 52.8 Å². The Kier molecular flexibility index (Phi) is 6.98. The molecule has 0 aliphatic heterocycles. The second-order valence-electron chi connectivity index (χ2n) is 4.50. The molecule has 0 N–H and O–H groups in total. The van der Waals surface area contributed by atoms with E-state index in [0.717, 1.165) is 21.3 Å². The number of alkyl halides is 9. The maximum absolute atomic E-state index is 13.3. The largest absolute Gasteiger partial charge is 0.500 e. The van der Waals surface area contributed by atoms with E-state index in [2.05, 4.69) is 0 Å². The highest BCUT2D eigenvalue weighted by Gasteiger charge is 2.81. The molecule has 140 valence electrons. The topological polar surface area (TPSA) is 27.7 Å². The Hall–Kier alpha value is -0.533. The van der Waals surface area contributed by atoms with Gasteiger partial charge in [-0.15, -0.1) is 0 Å². The molecule has 13 heteroatoms. The van der Waals surface area contributed by atoms with E-state index in [0.29, 0.717) is 0 Å². The first kappa shape index (κ1) is 22.5. The Bertz CT molecular complexity index is 374. The van der Waals surface area contributed by atoms with E-state index in [1.54, 1.807) is 0 Å². The summed E-state index contributed by atoms with van der Waals surface area (Å²) < 4.78 is 128. The van der Waals surface area contributed by atoms with Gasteiger partial charge in [0.2, 0.25) is 0 Å². The van der Waals surface area contributed by atoms with Crippen LogP contribution in [0.25, 0.3) is 0 Å². The van der Waals surface area contributed by atoms with Crippen molar-refractivity contribution in [2.24, 2.45) is 0 Å². The van der Waals surface area contributed by atoms with Gasteiger partial charge in [-0.05, 0) is 6.42 Å². The minimum atomic E-state index is -6.87. The summed E-state index contributed by atoms with van der Waals surface area (Å²) in [5.74, 6) is -19.1. The lowest BCUT2D eigenvalue weighted by Gasteiger charge is -2.34. The third-order valence-electron chi connectivity index (χ3n) is 3.12. The van der Waals surface area contributed by atoms with Crippen LogP contribution in [0, 0.1) is 0 Å². The van der Waals surface area contributed by atoms with Gasteiger partial charge in [-0.25, -0.2) is 0 Å². The van der Waals surface area contributed by atoms with Gasteiger partial charge in [-0.3, -0.25) is 0 Å². The van der Waals surface area contributed by atoms with Crippen molar-refractivity contribution in [1.82, 2.24) is 0 Å². The molecular formula is C10H15F9O3Si. The molecule has 0 heterocycles. The zero-order chi connectivity index (χ0) is 18.7. The Labute approximate surface area is 127 Å². The van der Waals surface area contributed by atoms with Crippen LogP contribution in [0.5, 0.6) is 0 Å². The maximum atomic E-state index is 13.3. The highest BCUT2D eigenvalue weighted by atomic mass is 28.4. The van der Waals surface area contributed by atoms with Crippen molar-refractivity contribution in [3.63, 3.8) is 0 Å². The lowest BCUT2D eigenvalue weighted by molar-refractivity contribution is -0.396. The first-order valence-corrected chi connectivity index (χ1v) is 7.93. The molecule has 0 amide bonds. The molecule has 0 aliphatic carbocycles. The van der Waals surface area contributed by atoms with Gasteiger partial charge >= 0.3 is 32.7 Å². The summed E-state index contributed by atoms with van der Waals surface area (Å²) in [7, 11) is -0.186. The molecule has 0 fully saturated rings. The van der Waals surface area contributed by atoms with Gasteiger partial charge in [-0.1, -0.05) is 0 Å². The summed E-state index contributed by atoms with van der Waals surface area (Å²) in [6.07, 6.45) is -9.63. The number of halogens is 9. The molecule has 0 bridgehead atoms. The molecule has 0 aromatic heterocycles. The SMILES string of the molecule is CO[Si](CCCC(F)(F)C(F)(F)C(F)(F)C(F)(F)F)(OC)OC. The van der Waals surface area contributed by atoms with Gasteiger partial charge < -0.3 is 13.3 Å². The van der Waals surface area contributed by atoms with Crippen LogP contribution in [0.1, 0.15) is 12.8 Å². The average Bonchev–Trinajstić information content (AvgIpc) is 2.42. The molecule has 3 nitrogen and oxygen atoms in total. The van der Waals surface area contributed by atoms with Crippen LogP contribution < -0.4 is 0 Å². The summed E-state index contributed by atoms with van der Waals surface area (Å²) >= 11 is 0. The van der Waals surface area contributed by atoms with Crippen molar-refractivity contribution in [2.75, 3.05) is 21.3 Å². The number of hydrogen-bond donors (Lipinski definition) is 0. The Morgan fingerprint density at radius 1 is 0.696 bits per heavy atom. The number of hydrogen-bond acceptors (Lipinski definition) is 3. The Balaban J connectivity index is 5.14. The van der Waals surface area contributed by atoms with Crippen LogP contribution in [-0.2, 0) is 13.3 Å². The summed E-state index contributed by atoms with van der Waals surface area (Å²) in [6, 6.07) is -0.472. The molecule has 0 atom stereocenters. The average molecular weight is 382 g/mol. The molecule has 0 saturated carbocycles. The molecule has 0 unspecified atom stereocenters. The number of rotatable bonds is 9. The van der Waals surface area contributed by atoms with E-state index in [-0.39, 0.29) is 0 Å². The Morgan fingerprint density at radius 2 is 1.09 bits per heavy atom. The predicted molar refractivity (Wildman–Crippen MR) is 61.7 cm³/mol. The third-order valence-corrected chi connectivity index (χ3v) is 5.95. The van der Waals surface area contributed by atoms with Crippen molar-refractivity contribution in [3.05, 3.63) is 0 Å². The van der Waals surface area contributed by atoms with Crippen LogP contribution in [0.3, 0.4) is 0 Å². The molecule has 0 aromatic rings. The van der Waals surface area contributed by atoms with E-state index >= 15 is 0 Å². The van der Waals surface area contributed by atoms with Gasteiger partial charge in [-0.2, -0.15) is 39.5 Å². The molecule has 0 radical (unpaired) electrons. The Morgan fingerprint density at radius 3 is 1.39 bits per heavy atom. The van der Waals surface area contributed by atoms with Gasteiger partial charge in [0.15, 0.2) is 0 Å². The fraction of sp³-hybridized carbons (Fsp3) is 1.00. The first-order chi connectivity index (χ1) is 10.1. The summed E-state index contributed by atoms with van der Waals surface area (Å²) in [4.78, 5) is 0. The lowest BCUT2D eigenvalue weighted by Crippen LogP contribution is -2.60. The zero-order valence-electron chi connectivity index (χ0n) is 12.2. The van der Waals surface area contributed by atoms with Crippen molar-refractivity contribution >= 4 is 8.80 Å². The van der Waals surface area contributed by atoms with Gasteiger partial charge in [0.1, 0.15) is 0 Å². The smallest absolute Gasteiger partial charge is 0.377 e. The monoisotopic (exact) mass is 382 g/mol. The van der Waals surface area contributed by atoms with Crippen molar-refractivity contribution in [2.45, 2.75) is 42.8 Å². The fourth-order valence-corrected chi connectivity index (χ4v) is 3.37. The molecule has 0 aliphatic rings. The van der Waals surface area contributed by atoms with Gasteiger partial charge in [0.25, 0.3) is 0 Å². The highest BCUT2D eigenvalue weighted by Crippen LogP contribution is 2.54. The summed E-state index contributed by atoms with van der Waals surface area (Å²) in [5.41, 5.74) is 0. The summed E-state index contributed by atoms with van der Waals surface area (Å²) in [6.45, 7) is 0. The van der Waals surface area contributed by atoms with Crippen molar-refractivity contribution in [1.29, 1.82) is 0 Å². The second kappa shape index (κ2) is 7.15. The molecular weight excluding hydrogens is 367 g/mol. The molecule has 0 rings (SSSR count). The van der Waals surface area contributed by atoms with E-state index in [1.807, 2.05) is 0 Å². The van der Waals surface area contributed by atoms with E-state index in [4.69, 9.17) is 13.3 Å². The zero-order valence-corrected chi connectivity index (χ0v) is 13.2. The van der Waals surface area contributed by atoms with Crippen LogP contribution in [0.2, 0.25) is 6.04 Å².